The molecule has 8 nitrogen and oxygen atoms in total. The van der Waals surface area contributed by atoms with E-state index in [0.717, 1.165) is 12.8 Å². The average Bonchev–Trinajstić information content (AvgIpc) is 2.67. The summed E-state index contributed by atoms with van der Waals surface area (Å²) in [5.41, 5.74) is 0. The molecule has 1 aliphatic heterocycles. The molecule has 2 atom stereocenters. The van der Waals surface area contributed by atoms with Gasteiger partial charge >= 0.3 is 5.76 Å². The summed E-state index contributed by atoms with van der Waals surface area (Å²) in [6.07, 6.45) is 3.73. The second-order valence-corrected chi connectivity index (χ2v) is 5.01. The van der Waals surface area contributed by atoms with Crippen molar-refractivity contribution in [2.75, 3.05) is 0 Å². The van der Waals surface area contributed by atoms with Crippen LogP contribution >= 0.6 is 0 Å². The Morgan fingerprint density at radius 2 is 2.40 bits per heavy atom. The van der Waals surface area contributed by atoms with Crippen LogP contribution < -0.4 is 5.76 Å². The normalized spacial score (nSPS) is 19.6. The van der Waals surface area contributed by atoms with Crippen LogP contribution in [0.25, 0.3) is 0 Å². The summed E-state index contributed by atoms with van der Waals surface area (Å²) in [4.78, 5) is 22.4. The Morgan fingerprint density at radius 3 is 3.10 bits per heavy atom. The van der Waals surface area contributed by atoms with E-state index in [-0.39, 0.29) is 30.2 Å². The number of fused-ring (bicyclic) bond motifs is 1. The summed E-state index contributed by atoms with van der Waals surface area (Å²) in [6, 6.07) is 0.848. The van der Waals surface area contributed by atoms with E-state index in [1.165, 1.54) is 4.57 Å². The van der Waals surface area contributed by atoms with Gasteiger partial charge in [0, 0.05) is 36.6 Å². The summed E-state index contributed by atoms with van der Waals surface area (Å²) >= 11 is 0. The molecule has 0 amide bonds. The number of nitro groups is 1. The van der Waals surface area contributed by atoms with Gasteiger partial charge in [-0.15, -0.1) is 0 Å². The minimum Gasteiger partial charge on any atom is -0.296 e. The van der Waals surface area contributed by atoms with E-state index in [1.807, 2.05) is 6.07 Å². The molecule has 108 valence electrons. The van der Waals surface area contributed by atoms with Crippen LogP contribution in [-0.4, -0.2) is 20.7 Å². The number of hydrogen-bond acceptors (Lipinski definition) is 6. The van der Waals surface area contributed by atoms with Crippen LogP contribution in [0.2, 0.25) is 0 Å². The lowest BCUT2D eigenvalue weighted by atomic mass is 9.99. The molecule has 8 heteroatoms. The number of rotatable bonds is 5. The van der Waals surface area contributed by atoms with Crippen molar-refractivity contribution in [3.05, 3.63) is 26.5 Å². The highest BCUT2D eigenvalue weighted by molar-refractivity contribution is 4.92. The fourth-order valence-electron chi connectivity index (χ4n) is 2.68. The largest absolute Gasteiger partial charge is 0.441 e. The third-order valence-electron chi connectivity index (χ3n) is 3.69. The lowest BCUT2D eigenvalue weighted by Gasteiger charge is -2.17. The van der Waals surface area contributed by atoms with Crippen molar-refractivity contribution in [2.24, 2.45) is 0 Å². The van der Waals surface area contributed by atoms with Crippen LogP contribution in [0.4, 0.5) is 0 Å². The number of aryl methyl sites for hydroxylation is 1. The molecule has 0 bridgehead atoms. The number of aromatic nitrogens is 2. The Kier molecular flexibility index (Phi) is 4.50. The van der Waals surface area contributed by atoms with Crippen molar-refractivity contribution in [2.45, 2.75) is 57.0 Å². The zero-order valence-corrected chi connectivity index (χ0v) is 11.0. The lowest BCUT2D eigenvalue weighted by Crippen LogP contribution is -2.29. The van der Waals surface area contributed by atoms with E-state index in [1.54, 1.807) is 0 Å². The second-order valence-electron chi connectivity index (χ2n) is 5.01. The molecule has 2 heterocycles. The molecule has 0 spiro atoms. The van der Waals surface area contributed by atoms with E-state index in [4.69, 9.17) is 5.26 Å². The standard InChI is InChI=1S/C12H16N4O4/c13-7-3-5-10(16(18)19)8-9-4-1-2-6-11-14-20-12(17)15(9)11/h9-10H,1-6,8H2. The summed E-state index contributed by atoms with van der Waals surface area (Å²) in [7, 11) is 0. The first-order chi connectivity index (χ1) is 9.63. The number of nitriles is 1. The minimum absolute atomic E-state index is 0.143. The molecule has 0 radical (unpaired) electrons. The Morgan fingerprint density at radius 1 is 1.60 bits per heavy atom. The first-order valence-corrected chi connectivity index (χ1v) is 6.71. The third-order valence-corrected chi connectivity index (χ3v) is 3.69. The van der Waals surface area contributed by atoms with E-state index in [2.05, 4.69) is 9.68 Å². The third kappa shape index (κ3) is 3.04. The molecule has 0 aliphatic carbocycles. The summed E-state index contributed by atoms with van der Waals surface area (Å²) in [5.74, 6) is 0.0224. The van der Waals surface area contributed by atoms with Crippen LogP contribution in [0.3, 0.4) is 0 Å². The van der Waals surface area contributed by atoms with Gasteiger partial charge in [0.25, 0.3) is 0 Å². The van der Waals surface area contributed by atoms with Gasteiger partial charge in [-0.1, -0.05) is 11.6 Å². The molecule has 1 aromatic heterocycles. The lowest BCUT2D eigenvalue weighted by molar-refractivity contribution is -0.525. The summed E-state index contributed by atoms with van der Waals surface area (Å²) in [6.45, 7) is 0. The van der Waals surface area contributed by atoms with Gasteiger partial charge < -0.3 is 0 Å². The number of hydrogen-bond donors (Lipinski definition) is 0. The first kappa shape index (κ1) is 14.2. The summed E-state index contributed by atoms with van der Waals surface area (Å²) in [5, 5.41) is 23.4. The Hall–Kier alpha value is -2.17. The van der Waals surface area contributed by atoms with Crippen LogP contribution in [0, 0.1) is 21.4 Å². The maximum Gasteiger partial charge on any atom is 0.441 e. The Balaban J connectivity index is 2.19. The minimum atomic E-state index is -0.813. The zero-order valence-electron chi connectivity index (χ0n) is 11.0. The predicted molar refractivity (Wildman–Crippen MR) is 67.6 cm³/mol. The fraction of sp³-hybridized carbons (Fsp3) is 0.750. The van der Waals surface area contributed by atoms with Gasteiger partial charge in [0.15, 0.2) is 5.82 Å². The molecular weight excluding hydrogens is 264 g/mol. The smallest absolute Gasteiger partial charge is 0.296 e. The van der Waals surface area contributed by atoms with Gasteiger partial charge in [0.05, 0.1) is 6.07 Å². The van der Waals surface area contributed by atoms with Gasteiger partial charge in [-0.05, 0) is 12.8 Å². The van der Waals surface area contributed by atoms with Gasteiger partial charge in [-0.25, -0.2) is 4.79 Å². The molecule has 0 aromatic carbocycles. The van der Waals surface area contributed by atoms with Gasteiger partial charge in [-0.3, -0.25) is 19.2 Å². The fourth-order valence-corrected chi connectivity index (χ4v) is 2.68. The highest BCUT2D eigenvalue weighted by Crippen LogP contribution is 2.27. The highest BCUT2D eigenvalue weighted by atomic mass is 16.6. The monoisotopic (exact) mass is 280 g/mol. The van der Waals surface area contributed by atoms with E-state index < -0.39 is 11.8 Å². The van der Waals surface area contributed by atoms with E-state index in [0.29, 0.717) is 18.7 Å². The van der Waals surface area contributed by atoms with Crippen molar-refractivity contribution in [3.63, 3.8) is 0 Å². The molecule has 1 aromatic rings. The molecule has 0 fully saturated rings. The maximum absolute atomic E-state index is 11.7. The van der Waals surface area contributed by atoms with E-state index in [9.17, 15) is 14.9 Å². The van der Waals surface area contributed by atoms with Gasteiger partial charge in [0.2, 0.25) is 6.04 Å². The van der Waals surface area contributed by atoms with E-state index >= 15 is 0 Å². The molecule has 1 aliphatic rings. The van der Waals surface area contributed by atoms with Crippen molar-refractivity contribution >= 4 is 0 Å². The molecule has 2 unspecified atom stereocenters. The van der Waals surface area contributed by atoms with Crippen molar-refractivity contribution in [1.82, 2.24) is 9.72 Å². The quantitative estimate of drug-likeness (QED) is 0.595. The van der Waals surface area contributed by atoms with Crippen LogP contribution in [0.15, 0.2) is 9.32 Å². The summed E-state index contributed by atoms with van der Waals surface area (Å²) < 4.78 is 6.12. The van der Waals surface area contributed by atoms with Crippen LogP contribution in [0.1, 0.15) is 50.4 Å². The van der Waals surface area contributed by atoms with Crippen molar-refractivity contribution in [3.8, 4) is 6.07 Å². The average molecular weight is 280 g/mol. The zero-order chi connectivity index (χ0) is 14.5. The SMILES string of the molecule is N#CCCC(CC1CCCCc2noc(=O)n21)[N+](=O)[O-]. The molecule has 2 rings (SSSR count). The number of nitrogens with zero attached hydrogens (tertiary/aromatic N) is 4. The predicted octanol–water partition coefficient (Wildman–Crippen LogP) is 1.44. The highest BCUT2D eigenvalue weighted by Gasteiger charge is 2.30. The van der Waals surface area contributed by atoms with Crippen LogP contribution in [0.5, 0.6) is 0 Å². The van der Waals surface area contributed by atoms with Crippen molar-refractivity contribution < 1.29 is 9.45 Å². The Labute approximate surface area is 115 Å². The molecule has 0 saturated carbocycles. The van der Waals surface area contributed by atoms with Gasteiger partial charge in [0.1, 0.15) is 0 Å². The molecule has 0 N–H and O–H groups in total. The van der Waals surface area contributed by atoms with Gasteiger partial charge in [-0.2, -0.15) is 5.26 Å². The van der Waals surface area contributed by atoms with Crippen molar-refractivity contribution in [1.29, 1.82) is 5.26 Å². The molecule has 0 saturated heterocycles. The molecular formula is C12H16N4O4. The topological polar surface area (TPSA) is 115 Å². The Bertz CT molecular complexity index is 571. The second kappa shape index (κ2) is 6.32. The first-order valence-electron chi connectivity index (χ1n) is 6.71. The maximum atomic E-state index is 11.7. The van der Waals surface area contributed by atoms with Crippen LogP contribution in [-0.2, 0) is 6.42 Å². The molecule has 20 heavy (non-hydrogen) atoms.